The van der Waals surface area contributed by atoms with Crippen LogP contribution in [0.4, 0.5) is 11.8 Å². The van der Waals surface area contributed by atoms with Crippen molar-refractivity contribution in [3.05, 3.63) is 36.0 Å². The summed E-state index contributed by atoms with van der Waals surface area (Å²) in [5, 5.41) is 4.37. The number of fused-ring (bicyclic) bond motifs is 1. The predicted molar refractivity (Wildman–Crippen MR) is 102 cm³/mol. The smallest absolute Gasteiger partial charge is 0.254 e. The molecule has 2 saturated heterocycles. The van der Waals surface area contributed by atoms with E-state index in [0.717, 1.165) is 56.7 Å². The molecule has 2 aliphatic rings. The third-order valence-electron chi connectivity index (χ3n) is 5.70. The summed E-state index contributed by atoms with van der Waals surface area (Å²) in [6.45, 7) is 10.2. The fraction of sp³-hybridized carbons (Fsp3) is 0.500. The van der Waals surface area contributed by atoms with Gasteiger partial charge in [-0.15, -0.1) is 0 Å². The standard InChI is InChI=1S/C18H23N9/c1-13-14(2)23-18-21-12-22-27(18)16(13)26-10-15(11-26)24-6-8-25(9-7-24)17-19-4-3-5-20-17/h3-5,12,15H,6-11H2,1-2H3. The van der Waals surface area contributed by atoms with Crippen molar-refractivity contribution in [3.8, 4) is 0 Å². The molecular formula is C18H23N9. The van der Waals surface area contributed by atoms with Crippen molar-refractivity contribution >= 4 is 17.5 Å². The Bertz CT molecular complexity index is 940. The molecule has 140 valence electrons. The van der Waals surface area contributed by atoms with Crippen LogP contribution in [0.1, 0.15) is 11.3 Å². The van der Waals surface area contributed by atoms with E-state index in [9.17, 15) is 0 Å². The van der Waals surface area contributed by atoms with Crippen LogP contribution < -0.4 is 9.80 Å². The summed E-state index contributed by atoms with van der Waals surface area (Å²) in [5.41, 5.74) is 2.20. The minimum absolute atomic E-state index is 0.579. The van der Waals surface area contributed by atoms with Crippen LogP contribution in [0.25, 0.3) is 5.78 Å². The lowest BCUT2D eigenvalue weighted by molar-refractivity contribution is 0.156. The highest BCUT2D eigenvalue weighted by molar-refractivity contribution is 5.56. The van der Waals surface area contributed by atoms with Gasteiger partial charge >= 0.3 is 0 Å². The lowest BCUT2D eigenvalue weighted by atomic mass is 10.0. The number of rotatable bonds is 3. The second kappa shape index (κ2) is 6.41. The highest BCUT2D eigenvalue weighted by Gasteiger charge is 2.36. The van der Waals surface area contributed by atoms with Gasteiger partial charge in [0, 0.05) is 69.0 Å². The average Bonchev–Trinajstić information content (AvgIpc) is 3.12. The molecule has 27 heavy (non-hydrogen) atoms. The lowest BCUT2D eigenvalue weighted by Crippen LogP contribution is -2.63. The summed E-state index contributed by atoms with van der Waals surface area (Å²) in [7, 11) is 0. The number of anilines is 2. The minimum atomic E-state index is 0.579. The maximum Gasteiger partial charge on any atom is 0.254 e. The average molecular weight is 365 g/mol. The Kier molecular flexibility index (Phi) is 3.89. The van der Waals surface area contributed by atoms with Crippen LogP contribution in [0.15, 0.2) is 24.8 Å². The summed E-state index contributed by atoms with van der Waals surface area (Å²) in [6.07, 6.45) is 5.19. The summed E-state index contributed by atoms with van der Waals surface area (Å²) in [6, 6.07) is 2.44. The van der Waals surface area contributed by atoms with E-state index in [4.69, 9.17) is 0 Å². The zero-order chi connectivity index (χ0) is 18.4. The van der Waals surface area contributed by atoms with E-state index < -0.39 is 0 Å². The first-order valence-electron chi connectivity index (χ1n) is 9.38. The minimum Gasteiger partial charge on any atom is -0.353 e. The zero-order valence-electron chi connectivity index (χ0n) is 15.7. The highest BCUT2D eigenvalue weighted by atomic mass is 15.4. The Balaban J connectivity index is 1.25. The molecule has 5 rings (SSSR count). The maximum absolute atomic E-state index is 4.52. The van der Waals surface area contributed by atoms with Crippen molar-refractivity contribution in [3.63, 3.8) is 0 Å². The van der Waals surface area contributed by atoms with E-state index in [0.29, 0.717) is 11.8 Å². The van der Waals surface area contributed by atoms with Gasteiger partial charge < -0.3 is 9.80 Å². The molecule has 9 nitrogen and oxygen atoms in total. The first kappa shape index (κ1) is 16.4. The first-order valence-corrected chi connectivity index (χ1v) is 9.38. The molecule has 0 amide bonds. The van der Waals surface area contributed by atoms with Gasteiger partial charge in [0.2, 0.25) is 5.95 Å². The summed E-state index contributed by atoms with van der Waals surface area (Å²) in [4.78, 5) is 24.7. The number of piperazine rings is 1. The van der Waals surface area contributed by atoms with Gasteiger partial charge in [-0.25, -0.2) is 15.0 Å². The summed E-state index contributed by atoms with van der Waals surface area (Å²) < 4.78 is 1.86. The number of hydrogen-bond donors (Lipinski definition) is 0. The molecule has 5 heterocycles. The topological polar surface area (TPSA) is 78.6 Å². The fourth-order valence-electron chi connectivity index (χ4n) is 3.99. The normalized spacial score (nSPS) is 18.9. The fourth-order valence-corrected chi connectivity index (χ4v) is 3.99. The van der Waals surface area contributed by atoms with Crippen molar-refractivity contribution in [1.29, 1.82) is 0 Å². The second-order valence-electron chi connectivity index (χ2n) is 7.25. The first-order chi connectivity index (χ1) is 13.2. The largest absolute Gasteiger partial charge is 0.353 e. The van der Waals surface area contributed by atoms with Gasteiger partial charge in [0.1, 0.15) is 12.1 Å². The van der Waals surface area contributed by atoms with Gasteiger partial charge in [0.25, 0.3) is 5.78 Å². The molecule has 0 saturated carbocycles. The van der Waals surface area contributed by atoms with E-state index >= 15 is 0 Å². The molecule has 0 aliphatic carbocycles. The van der Waals surface area contributed by atoms with E-state index in [1.165, 1.54) is 5.56 Å². The molecule has 0 atom stereocenters. The lowest BCUT2D eigenvalue weighted by Gasteiger charge is -2.49. The molecule has 0 unspecified atom stereocenters. The zero-order valence-corrected chi connectivity index (χ0v) is 15.7. The van der Waals surface area contributed by atoms with Crippen LogP contribution in [0, 0.1) is 13.8 Å². The molecule has 0 aromatic carbocycles. The number of aromatic nitrogens is 6. The van der Waals surface area contributed by atoms with Crippen molar-refractivity contribution in [1.82, 2.24) is 34.4 Å². The molecule has 3 aromatic heterocycles. The molecule has 0 bridgehead atoms. The van der Waals surface area contributed by atoms with Gasteiger partial charge in [-0.2, -0.15) is 14.6 Å². The maximum atomic E-state index is 4.52. The van der Waals surface area contributed by atoms with E-state index in [1.807, 2.05) is 29.9 Å². The number of hydrogen-bond acceptors (Lipinski definition) is 8. The van der Waals surface area contributed by atoms with Gasteiger partial charge in [-0.1, -0.05) is 0 Å². The molecule has 9 heteroatoms. The van der Waals surface area contributed by atoms with E-state index in [2.05, 4.69) is 46.7 Å². The van der Waals surface area contributed by atoms with Crippen molar-refractivity contribution in [2.45, 2.75) is 19.9 Å². The van der Waals surface area contributed by atoms with Crippen molar-refractivity contribution in [2.24, 2.45) is 0 Å². The summed E-state index contributed by atoms with van der Waals surface area (Å²) >= 11 is 0. The van der Waals surface area contributed by atoms with E-state index in [1.54, 1.807) is 6.33 Å². The van der Waals surface area contributed by atoms with Gasteiger partial charge in [-0.3, -0.25) is 4.90 Å². The highest BCUT2D eigenvalue weighted by Crippen LogP contribution is 2.28. The number of aryl methyl sites for hydroxylation is 1. The molecule has 0 radical (unpaired) electrons. The van der Waals surface area contributed by atoms with Crippen molar-refractivity contribution in [2.75, 3.05) is 49.1 Å². The predicted octanol–water partition coefficient (Wildman–Crippen LogP) is 0.542. The Morgan fingerprint density at radius 3 is 2.41 bits per heavy atom. The Labute approximate surface area is 157 Å². The second-order valence-corrected chi connectivity index (χ2v) is 7.25. The van der Waals surface area contributed by atoms with Crippen LogP contribution in [-0.2, 0) is 0 Å². The third-order valence-corrected chi connectivity index (χ3v) is 5.70. The quantitative estimate of drug-likeness (QED) is 0.666. The van der Waals surface area contributed by atoms with Crippen LogP contribution in [0.2, 0.25) is 0 Å². The molecule has 2 aliphatic heterocycles. The Morgan fingerprint density at radius 2 is 1.67 bits per heavy atom. The molecular weight excluding hydrogens is 342 g/mol. The van der Waals surface area contributed by atoms with Crippen LogP contribution in [0.3, 0.4) is 0 Å². The molecule has 0 spiro atoms. The van der Waals surface area contributed by atoms with Crippen molar-refractivity contribution < 1.29 is 0 Å². The third kappa shape index (κ3) is 2.78. The monoisotopic (exact) mass is 365 g/mol. The van der Waals surface area contributed by atoms with Crippen LogP contribution >= 0.6 is 0 Å². The van der Waals surface area contributed by atoms with Gasteiger partial charge in [-0.05, 0) is 19.9 Å². The van der Waals surface area contributed by atoms with Crippen LogP contribution in [-0.4, -0.2) is 79.8 Å². The van der Waals surface area contributed by atoms with Gasteiger partial charge in [0.15, 0.2) is 0 Å². The Morgan fingerprint density at radius 1 is 0.926 bits per heavy atom. The van der Waals surface area contributed by atoms with Crippen LogP contribution in [0.5, 0.6) is 0 Å². The molecule has 2 fully saturated rings. The SMILES string of the molecule is Cc1nc2ncnn2c(N2CC(N3CCN(c4ncccn4)CC3)C2)c1C. The molecule has 0 N–H and O–H groups in total. The summed E-state index contributed by atoms with van der Waals surface area (Å²) in [5.74, 6) is 2.64. The van der Waals surface area contributed by atoms with E-state index in [-0.39, 0.29) is 0 Å². The molecule has 3 aromatic rings. The Hall–Kier alpha value is -2.81. The number of nitrogens with zero attached hydrogens (tertiary/aromatic N) is 9. The van der Waals surface area contributed by atoms with Gasteiger partial charge in [0.05, 0.1) is 0 Å².